The van der Waals surface area contributed by atoms with Crippen LogP contribution in [-0.4, -0.2) is 23.0 Å². The lowest BCUT2D eigenvalue weighted by Crippen LogP contribution is -2.18. The van der Waals surface area contributed by atoms with Crippen LogP contribution in [0.15, 0.2) is 82.3 Å². The summed E-state index contributed by atoms with van der Waals surface area (Å²) in [5.41, 5.74) is 5.09. The second-order valence-electron chi connectivity index (χ2n) is 10.3. The van der Waals surface area contributed by atoms with Crippen molar-refractivity contribution in [1.29, 1.82) is 5.41 Å². The van der Waals surface area contributed by atoms with Gasteiger partial charge in [-0.2, -0.15) is 0 Å². The minimum atomic E-state index is -2.71. The first-order valence-corrected chi connectivity index (χ1v) is 14.3. The van der Waals surface area contributed by atoms with Crippen LogP contribution in [0.25, 0.3) is 0 Å². The Labute approximate surface area is 248 Å². The Morgan fingerprint density at radius 2 is 1.77 bits per heavy atom. The van der Waals surface area contributed by atoms with Gasteiger partial charge < -0.3 is 15.4 Å². The Balaban J connectivity index is 1.47. The van der Waals surface area contributed by atoms with Crippen LogP contribution < -0.4 is 15.4 Å². The number of pyridine rings is 1. The number of allylic oxidation sites excluding steroid dienone is 3. The number of hydrogen-bond donors (Lipinski definition) is 3. The monoisotopic (exact) mass is 591 g/mol. The number of benzene rings is 2. The summed E-state index contributed by atoms with van der Waals surface area (Å²) in [4.78, 5) is 8.68. The molecule has 43 heavy (non-hydrogen) atoms. The maximum Gasteiger partial charge on any atom is 0.280 e. The van der Waals surface area contributed by atoms with E-state index in [-0.39, 0.29) is 29.3 Å². The molecule has 0 atom stereocenters. The molecule has 0 amide bonds. The number of halogens is 4. The van der Waals surface area contributed by atoms with Crippen molar-refractivity contribution in [3.05, 3.63) is 106 Å². The highest BCUT2D eigenvalue weighted by Crippen LogP contribution is 2.40. The molecule has 10 heteroatoms. The molecule has 1 aromatic heterocycles. The van der Waals surface area contributed by atoms with Gasteiger partial charge in [0.2, 0.25) is 0 Å². The van der Waals surface area contributed by atoms with E-state index in [0.717, 1.165) is 43.4 Å². The summed E-state index contributed by atoms with van der Waals surface area (Å²) in [6.07, 6.45) is 2.49. The molecule has 0 unspecified atom stereocenters. The molecule has 3 N–H and O–H groups in total. The van der Waals surface area contributed by atoms with Crippen molar-refractivity contribution >= 4 is 22.8 Å². The summed E-state index contributed by atoms with van der Waals surface area (Å²) in [5.74, 6) is -0.797. The normalized spacial score (nSPS) is 14.9. The average molecular weight is 592 g/mol. The van der Waals surface area contributed by atoms with E-state index in [2.05, 4.69) is 22.5 Å². The Morgan fingerprint density at radius 3 is 2.49 bits per heavy atom. The molecular formula is C33H33F4N5O. The molecule has 1 fully saturated rings. The average Bonchev–Trinajstić information content (AvgIpc) is 3.43. The third kappa shape index (κ3) is 6.63. The smallest absolute Gasteiger partial charge is 0.280 e. The first kappa shape index (κ1) is 30.0. The highest BCUT2D eigenvalue weighted by molar-refractivity contribution is 6.48. The van der Waals surface area contributed by atoms with Gasteiger partial charge in [0.25, 0.3) is 6.43 Å². The fourth-order valence-corrected chi connectivity index (χ4v) is 5.51. The van der Waals surface area contributed by atoms with E-state index < -0.39 is 18.1 Å². The van der Waals surface area contributed by atoms with Crippen LogP contribution in [0.1, 0.15) is 69.2 Å². The van der Waals surface area contributed by atoms with Crippen LogP contribution >= 0.6 is 0 Å². The fraction of sp³-hybridized carbons (Fsp3) is 0.303. The van der Waals surface area contributed by atoms with Gasteiger partial charge in [-0.05, 0) is 62.0 Å². The van der Waals surface area contributed by atoms with Gasteiger partial charge in [0.15, 0.2) is 0 Å². The number of alkyl halides is 2. The number of rotatable bonds is 11. The number of anilines is 2. The highest BCUT2D eigenvalue weighted by atomic mass is 19.3. The van der Waals surface area contributed by atoms with Gasteiger partial charge in [-0.15, -0.1) is 0 Å². The molecule has 224 valence electrons. The van der Waals surface area contributed by atoms with Crippen molar-refractivity contribution in [3.8, 4) is 5.75 Å². The highest BCUT2D eigenvalue weighted by Gasteiger charge is 2.27. The molecule has 3 aromatic rings. The SMILES string of the molecule is CCOc1cc(F)c(CNc2ccccc2C(=N)C2=NC(Nc3ccnc(C(F)F)c3)=C3CCCC3=C(CC)C2)c(F)c1. The molecule has 2 aromatic carbocycles. The number of aliphatic imine (C=N–C) groups is 1. The van der Waals surface area contributed by atoms with Gasteiger partial charge >= 0.3 is 0 Å². The zero-order chi connectivity index (χ0) is 30.5. The first-order valence-electron chi connectivity index (χ1n) is 14.3. The lowest BCUT2D eigenvalue weighted by molar-refractivity contribution is 0.146. The van der Waals surface area contributed by atoms with Crippen LogP contribution in [0, 0.1) is 17.0 Å². The molecular weight excluding hydrogens is 558 g/mol. The first-order chi connectivity index (χ1) is 20.8. The molecule has 0 bridgehead atoms. The maximum absolute atomic E-state index is 14.7. The van der Waals surface area contributed by atoms with Crippen molar-refractivity contribution in [3.63, 3.8) is 0 Å². The van der Waals surface area contributed by atoms with Crippen molar-refractivity contribution < 1.29 is 22.3 Å². The number of aromatic nitrogens is 1. The number of nitrogens with zero attached hydrogens (tertiary/aromatic N) is 2. The molecule has 0 saturated heterocycles. The van der Waals surface area contributed by atoms with Gasteiger partial charge in [0.1, 0.15) is 28.9 Å². The maximum atomic E-state index is 14.7. The van der Waals surface area contributed by atoms with Crippen LogP contribution in [-0.2, 0) is 6.54 Å². The van der Waals surface area contributed by atoms with Gasteiger partial charge in [-0.3, -0.25) is 10.4 Å². The Morgan fingerprint density at radius 1 is 1.02 bits per heavy atom. The fourth-order valence-electron chi connectivity index (χ4n) is 5.51. The lowest BCUT2D eigenvalue weighted by atomic mass is 9.93. The molecule has 0 spiro atoms. The minimum absolute atomic E-state index is 0.121. The van der Waals surface area contributed by atoms with E-state index >= 15 is 0 Å². The molecule has 2 heterocycles. The van der Waals surface area contributed by atoms with Crippen LogP contribution in [0.3, 0.4) is 0 Å². The zero-order valence-corrected chi connectivity index (χ0v) is 24.0. The second-order valence-corrected chi connectivity index (χ2v) is 10.3. The van der Waals surface area contributed by atoms with Crippen LogP contribution in [0.5, 0.6) is 5.75 Å². The molecule has 1 saturated carbocycles. The standard InChI is InChI=1S/C33H33F4N5O/c1-3-19-14-29(42-33(23-10-7-9-22(19)23)41-20-12-13-39-30(15-20)32(36)37)31(38)24-8-5-6-11-28(24)40-18-25-26(34)16-21(43-4-2)17-27(25)35/h5-6,8,11-13,15-17,32,38,40H,3-4,7,9-10,14,18H2,1-2H3,(H,39,41). The van der Waals surface area contributed by atoms with Crippen LogP contribution in [0.4, 0.5) is 28.9 Å². The van der Waals surface area contributed by atoms with Crippen molar-refractivity contribution in [2.75, 3.05) is 17.2 Å². The Hall–Kier alpha value is -4.47. The third-order valence-corrected chi connectivity index (χ3v) is 7.62. The van der Waals surface area contributed by atoms with E-state index in [0.29, 0.717) is 41.5 Å². The van der Waals surface area contributed by atoms with Crippen molar-refractivity contribution in [2.45, 2.75) is 58.9 Å². The number of hydrogen-bond acceptors (Lipinski definition) is 6. The van der Waals surface area contributed by atoms with E-state index in [1.54, 1.807) is 37.3 Å². The number of para-hydroxylation sites is 1. The second kappa shape index (κ2) is 13.2. The summed E-state index contributed by atoms with van der Waals surface area (Å²) < 4.78 is 61.4. The number of fused-ring (bicyclic) bond motifs is 1. The van der Waals surface area contributed by atoms with Crippen molar-refractivity contribution in [2.24, 2.45) is 4.99 Å². The van der Waals surface area contributed by atoms with Crippen molar-refractivity contribution in [1.82, 2.24) is 4.98 Å². The molecule has 1 aliphatic heterocycles. The molecule has 2 aliphatic rings. The Bertz CT molecular complexity index is 1610. The number of ether oxygens (including phenoxy) is 1. The van der Waals surface area contributed by atoms with Gasteiger partial charge in [-0.1, -0.05) is 30.7 Å². The van der Waals surface area contributed by atoms with E-state index in [1.807, 2.05) is 0 Å². The summed E-state index contributed by atoms with van der Waals surface area (Å²) in [6.45, 7) is 3.96. The van der Waals surface area contributed by atoms with Crippen LogP contribution in [0.2, 0.25) is 0 Å². The predicted molar refractivity (Wildman–Crippen MR) is 161 cm³/mol. The topological polar surface area (TPSA) is 82.4 Å². The Kier molecular flexibility index (Phi) is 9.23. The lowest BCUT2D eigenvalue weighted by Gasteiger charge is -2.16. The van der Waals surface area contributed by atoms with E-state index in [9.17, 15) is 23.0 Å². The largest absolute Gasteiger partial charge is 0.494 e. The van der Waals surface area contributed by atoms with Gasteiger partial charge in [0, 0.05) is 53.8 Å². The third-order valence-electron chi connectivity index (χ3n) is 7.62. The molecule has 6 nitrogen and oxygen atoms in total. The minimum Gasteiger partial charge on any atom is -0.494 e. The molecule has 1 aliphatic carbocycles. The number of nitrogens with one attached hydrogen (secondary N) is 3. The van der Waals surface area contributed by atoms with Gasteiger partial charge in [-0.25, -0.2) is 22.6 Å². The summed E-state index contributed by atoms with van der Waals surface area (Å²) in [5, 5.41) is 15.6. The summed E-state index contributed by atoms with van der Waals surface area (Å²) in [7, 11) is 0. The zero-order valence-electron chi connectivity index (χ0n) is 24.0. The molecule has 5 rings (SSSR count). The van der Waals surface area contributed by atoms with Gasteiger partial charge in [0.05, 0.1) is 18.0 Å². The quantitative estimate of drug-likeness (QED) is 0.154. The van der Waals surface area contributed by atoms with E-state index in [1.165, 1.54) is 23.4 Å². The van der Waals surface area contributed by atoms with E-state index in [4.69, 9.17) is 9.73 Å². The molecule has 0 radical (unpaired) electrons. The summed E-state index contributed by atoms with van der Waals surface area (Å²) >= 11 is 0. The predicted octanol–water partition coefficient (Wildman–Crippen LogP) is 8.73. The summed E-state index contributed by atoms with van der Waals surface area (Å²) in [6, 6.07) is 12.3.